The Balaban J connectivity index is 1.46. The van der Waals surface area contributed by atoms with E-state index in [0.29, 0.717) is 19.4 Å². The van der Waals surface area contributed by atoms with Crippen molar-refractivity contribution in [3.8, 4) is 0 Å². The van der Waals surface area contributed by atoms with Gasteiger partial charge >= 0.3 is 0 Å². The predicted octanol–water partition coefficient (Wildman–Crippen LogP) is 2.60. The molecule has 1 amide bonds. The van der Waals surface area contributed by atoms with Crippen molar-refractivity contribution in [2.75, 3.05) is 18.1 Å². The number of nitrogens with one attached hydrogen (secondary N) is 1. The summed E-state index contributed by atoms with van der Waals surface area (Å²) in [6, 6.07) is 8.12. The number of amides is 1. The van der Waals surface area contributed by atoms with Gasteiger partial charge in [-0.1, -0.05) is 12.1 Å². The molecule has 1 aliphatic rings. The first-order valence-corrected chi connectivity index (χ1v) is 9.57. The first-order chi connectivity index (χ1) is 10.7. The third-order valence-electron chi connectivity index (χ3n) is 3.93. The van der Waals surface area contributed by atoms with E-state index < -0.39 is 5.60 Å². The van der Waals surface area contributed by atoms with Gasteiger partial charge in [0.05, 0.1) is 15.2 Å². The van der Waals surface area contributed by atoms with Crippen LogP contribution in [0.3, 0.4) is 0 Å². The molecule has 1 saturated heterocycles. The zero-order valence-corrected chi connectivity index (χ0v) is 14.0. The molecule has 2 aromatic rings. The van der Waals surface area contributed by atoms with Crippen LogP contribution in [-0.4, -0.2) is 39.6 Å². The minimum Gasteiger partial charge on any atom is -0.380 e. The van der Waals surface area contributed by atoms with E-state index in [2.05, 4.69) is 16.4 Å². The van der Waals surface area contributed by atoms with Gasteiger partial charge in [-0.15, -0.1) is 11.3 Å². The molecule has 0 atom stereocenters. The first-order valence-electron chi connectivity index (χ1n) is 7.60. The van der Waals surface area contributed by atoms with Gasteiger partial charge < -0.3 is 10.4 Å². The minimum atomic E-state index is -1.15. The molecule has 1 aliphatic heterocycles. The Morgan fingerprint density at radius 2 is 2.09 bits per heavy atom. The molecule has 0 radical (unpaired) electrons. The highest BCUT2D eigenvalue weighted by molar-refractivity contribution is 7.99. The van der Waals surface area contributed by atoms with Crippen molar-refractivity contribution >= 4 is 39.2 Å². The quantitative estimate of drug-likeness (QED) is 0.824. The lowest BCUT2D eigenvalue weighted by molar-refractivity contribution is -0.140. The topological polar surface area (TPSA) is 62.2 Å². The molecule has 1 fully saturated rings. The number of fused-ring (bicyclic) bond motifs is 1. The number of rotatable bonds is 5. The average molecular weight is 336 g/mol. The molecule has 4 nitrogen and oxygen atoms in total. The molecule has 22 heavy (non-hydrogen) atoms. The molecular formula is C16H20N2O2S2. The molecule has 0 spiro atoms. The Bertz CT molecular complexity index is 617. The van der Waals surface area contributed by atoms with Gasteiger partial charge in [0.1, 0.15) is 5.60 Å². The fraction of sp³-hybridized carbons (Fsp3) is 0.500. The molecule has 0 saturated carbocycles. The summed E-state index contributed by atoms with van der Waals surface area (Å²) in [4.78, 5) is 16.7. The molecule has 118 valence electrons. The maximum Gasteiger partial charge on any atom is 0.252 e. The number of hydrogen-bond acceptors (Lipinski definition) is 5. The van der Waals surface area contributed by atoms with Gasteiger partial charge in [0.2, 0.25) is 0 Å². The summed E-state index contributed by atoms with van der Waals surface area (Å²) >= 11 is 3.50. The number of thioether (sulfide) groups is 1. The van der Waals surface area contributed by atoms with Crippen molar-refractivity contribution in [1.29, 1.82) is 0 Å². The van der Waals surface area contributed by atoms with E-state index in [-0.39, 0.29) is 5.91 Å². The second-order valence-corrected chi connectivity index (χ2v) is 7.92. The highest BCUT2D eigenvalue weighted by Crippen LogP contribution is 2.27. The van der Waals surface area contributed by atoms with Crippen molar-refractivity contribution in [1.82, 2.24) is 10.3 Å². The summed E-state index contributed by atoms with van der Waals surface area (Å²) in [5.41, 5.74) is -0.109. The number of hydrogen-bond donors (Lipinski definition) is 2. The normalized spacial score (nSPS) is 17.5. The predicted molar refractivity (Wildman–Crippen MR) is 92.5 cm³/mol. The van der Waals surface area contributed by atoms with Crippen LogP contribution in [0, 0.1) is 0 Å². The van der Waals surface area contributed by atoms with E-state index in [0.717, 1.165) is 34.9 Å². The van der Waals surface area contributed by atoms with Crippen LogP contribution in [0.1, 0.15) is 24.3 Å². The Morgan fingerprint density at radius 1 is 1.32 bits per heavy atom. The monoisotopic (exact) mass is 336 g/mol. The maximum atomic E-state index is 12.1. The SMILES string of the molecule is O=C(NCCCc1nc2ccccc2s1)C1(O)CCSCC1. The van der Waals surface area contributed by atoms with E-state index in [4.69, 9.17) is 0 Å². The van der Waals surface area contributed by atoms with Crippen LogP contribution < -0.4 is 5.32 Å². The molecule has 1 aromatic carbocycles. The number of aromatic nitrogens is 1. The van der Waals surface area contributed by atoms with Gasteiger partial charge in [0, 0.05) is 13.0 Å². The Labute approximate surface area is 138 Å². The van der Waals surface area contributed by atoms with Crippen LogP contribution >= 0.6 is 23.1 Å². The molecule has 2 heterocycles. The third kappa shape index (κ3) is 3.62. The number of aliphatic hydroxyl groups is 1. The van der Waals surface area contributed by atoms with E-state index in [9.17, 15) is 9.90 Å². The smallest absolute Gasteiger partial charge is 0.252 e. The van der Waals surface area contributed by atoms with Gasteiger partial charge in [-0.2, -0.15) is 11.8 Å². The average Bonchev–Trinajstić information content (AvgIpc) is 2.95. The number of thiazole rings is 1. The Hall–Kier alpha value is -1.11. The largest absolute Gasteiger partial charge is 0.380 e. The summed E-state index contributed by atoms with van der Waals surface area (Å²) in [7, 11) is 0. The zero-order valence-electron chi connectivity index (χ0n) is 12.4. The minimum absolute atomic E-state index is 0.211. The van der Waals surface area contributed by atoms with E-state index in [1.54, 1.807) is 23.1 Å². The lowest BCUT2D eigenvalue weighted by Crippen LogP contribution is -2.49. The number of benzene rings is 1. The number of para-hydroxylation sites is 1. The summed E-state index contributed by atoms with van der Waals surface area (Å²) in [6.45, 7) is 0.588. The molecular weight excluding hydrogens is 316 g/mol. The molecule has 0 bridgehead atoms. The number of aryl methyl sites for hydroxylation is 1. The molecule has 1 aromatic heterocycles. The summed E-state index contributed by atoms with van der Waals surface area (Å²) < 4.78 is 1.20. The third-order valence-corrected chi connectivity index (χ3v) is 6.02. The van der Waals surface area contributed by atoms with Crippen molar-refractivity contribution in [2.45, 2.75) is 31.3 Å². The van der Waals surface area contributed by atoms with Crippen LogP contribution in [-0.2, 0) is 11.2 Å². The van der Waals surface area contributed by atoms with Crippen molar-refractivity contribution < 1.29 is 9.90 Å². The van der Waals surface area contributed by atoms with Crippen LogP contribution in [0.15, 0.2) is 24.3 Å². The van der Waals surface area contributed by atoms with Gasteiger partial charge in [0.25, 0.3) is 5.91 Å². The number of nitrogens with zero attached hydrogens (tertiary/aromatic N) is 1. The maximum absolute atomic E-state index is 12.1. The van der Waals surface area contributed by atoms with Gasteiger partial charge in [-0.05, 0) is 42.9 Å². The van der Waals surface area contributed by atoms with E-state index >= 15 is 0 Å². The summed E-state index contributed by atoms with van der Waals surface area (Å²) in [5.74, 6) is 1.50. The fourth-order valence-corrected chi connectivity index (χ4v) is 4.75. The second kappa shape index (κ2) is 6.98. The van der Waals surface area contributed by atoms with Crippen LogP contribution in [0.25, 0.3) is 10.2 Å². The van der Waals surface area contributed by atoms with Gasteiger partial charge in [-0.3, -0.25) is 4.79 Å². The van der Waals surface area contributed by atoms with Crippen LogP contribution in [0.4, 0.5) is 0 Å². The Kier molecular flexibility index (Phi) is 5.00. The highest BCUT2D eigenvalue weighted by Gasteiger charge is 2.36. The van der Waals surface area contributed by atoms with Gasteiger partial charge in [-0.25, -0.2) is 4.98 Å². The first kappa shape index (κ1) is 15.8. The molecule has 3 rings (SSSR count). The Morgan fingerprint density at radius 3 is 2.86 bits per heavy atom. The molecule has 0 unspecified atom stereocenters. The fourth-order valence-electron chi connectivity index (χ4n) is 2.57. The van der Waals surface area contributed by atoms with Gasteiger partial charge in [0.15, 0.2) is 0 Å². The van der Waals surface area contributed by atoms with E-state index in [1.807, 2.05) is 18.2 Å². The molecule has 2 N–H and O–H groups in total. The zero-order chi connectivity index (χ0) is 15.4. The lowest BCUT2D eigenvalue weighted by Gasteiger charge is -2.30. The van der Waals surface area contributed by atoms with Crippen molar-refractivity contribution in [3.05, 3.63) is 29.3 Å². The van der Waals surface area contributed by atoms with E-state index in [1.165, 1.54) is 4.70 Å². The van der Waals surface area contributed by atoms with Crippen molar-refractivity contribution in [2.24, 2.45) is 0 Å². The standard InChI is InChI=1S/C16H20N2O2S2/c19-15(16(20)7-10-21-11-8-16)17-9-3-6-14-18-12-4-1-2-5-13(12)22-14/h1-2,4-5,20H,3,6-11H2,(H,17,19). The number of carbonyl (C=O) groups is 1. The second-order valence-electron chi connectivity index (χ2n) is 5.58. The van der Waals surface area contributed by atoms with Crippen LogP contribution in [0.5, 0.6) is 0 Å². The highest BCUT2D eigenvalue weighted by atomic mass is 32.2. The lowest BCUT2D eigenvalue weighted by atomic mass is 9.96. The summed E-state index contributed by atoms with van der Waals surface area (Å²) in [5, 5.41) is 14.3. The summed E-state index contributed by atoms with van der Waals surface area (Å²) in [6.07, 6.45) is 2.81. The van der Waals surface area contributed by atoms with Crippen molar-refractivity contribution in [3.63, 3.8) is 0 Å². The molecule has 6 heteroatoms. The number of carbonyl (C=O) groups excluding carboxylic acids is 1. The molecule has 0 aliphatic carbocycles. The van der Waals surface area contributed by atoms with Crippen LogP contribution in [0.2, 0.25) is 0 Å².